The van der Waals surface area contributed by atoms with Gasteiger partial charge in [-0.25, -0.2) is 0 Å². The highest BCUT2D eigenvalue weighted by atomic mass is 16.5. The molecule has 1 aliphatic rings. The molecule has 0 saturated carbocycles. The van der Waals surface area contributed by atoms with E-state index in [0.29, 0.717) is 12.8 Å². The summed E-state index contributed by atoms with van der Waals surface area (Å²) in [6.45, 7) is 2.31. The van der Waals surface area contributed by atoms with Crippen LogP contribution in [-0.4, -0.2) is 41.5 Å². The van der Waals surface area contributed by atoms with Crippen LogP contribution >= 0.6 is 0 Å². The lowest BCUT2D eigenvalue weighted by atomic mass is 9.91. The van der Waals surface area contributed by atoms with E-state index in [9.17, 15) is 4.79 Å². The summed E-state index contributed by atoms with van der Waals surface area (Å²) in [5.74, 6) is -0.0682. The van der Waals surface area contributed by atoms with Gasteiger partial charge in [-0.05, 0) is 49.7 Å². The minimum absolute atomic E-state index is 0.0682. The lowest BCUT2D eigenvalue weighted by molar-refractivity contribution is -0.140. The minimum Gasteiger partial charge on any atom is -0.368 e. The van der Waals surface area contributed by atoms with E-state index < -0.39 is 5.60 Å². The number of hydrogen-bond donors (Lipinski definition) is 2. The van der Waals surface area contributed by atoms with E-state index in [1.54, 1.807) is 13.3 Å². The molecule has 0 radical (unpaired) electrons. The monoisotopic (exact) mass is 314 g/mol. The van der Waals surface area contributed by atoms with Crippen molar-refractivity contribution in [1.82, 2.24) is 15.1 Å². The molecule has 122 valence electrons. The normalized spacial score (nSPS) is 16.9. The molecular weight excluding hydrogens is 292 g/mol. The summed E-state index contributed by atoms with van der Waals surface area (Å²) < 4.78 is 7.41. The van der Waals surface area contributed by atoms with Crippen LogP contribution in [0.5, 0.6) is 0 Å². The fourth-order valence-electron chi connectivity index (χ4n) is 2.87. The Morgan fingerprint density at radius 2 is 2.09 bits per heavy atom. The molecule has 6 heteroatoms. The zero-order valence-corrected chi connectivity index (χ0v) is 13.3. The number of piperidine rings is 1. The molecule has 1 saturated heterocycles. The number of benzene rings is 1. The second-order valence-electron chi connectivity index (χ2n) is 5.80. The van der Waals surface area contributed by atoms with Gasteiger partial charge in [0.2, 0.25) is 0 Å². The third kappa shape index (κ3) is 3.60. The molecule has 6 nitrogen and oxygen atoms in total. The first-order valence-corrected chi connectivity index (χ1v) is 7.85. The first-order valence-electron chi connectivity index (χ1n) is 7.85. The SMILES string of the molecule is COC1(C(=O)Nc2ccc(Cn3cccn3)cc2)CCNCC1. The summed E-state index contributed by atoms with van der Waals surface area (Å²) in [6, 6.07) is 9.73. The van der Waals surface area contributed by atoms with Crippen LogP contribution in [0, 0.1) is 0 Å². The van der Waals surface area contributed by atoms with Gasteiger partial charge in [-0.15, -0.1) is 0 Å². The number of aromatic nitrogens is 2. The number of carbonyl (C=O) groups is 1. The van der Waals surface area contributed by atoms with Gasteiger partial charge in [-0.1, -0.05) is 12.1 Å². The Kier molecular flexibility index (Phi) is 4.73. The van der Waals surface area contributed by atoms with Crippen molar-refractivity contribution in [1.29, 1.82) is 0 Å². The molecule has 2 aromatic rings. The largest absolute Gasteiger partial charge is 0.368 e. The molecule has 2 N–H and O–H groups in total. The second-order valence-corrected chi connectivity index (χ2v) is 5.80. The number of carbonyl (C=O) groups excluding carboxylic acids is 1. The Morgan fingerprint density at radius 3 is 2.70 bits per heavy atom. The molecule has 0 aliphatic carbocycles. The van der Waals surface area contributed by atoms with Gasteiger partial charge in [0, 0.05) is 25.2 Å². The maximum absolute atomic E-state index is 12.6. The molecule has 3 rings (SSSR count). The van der Waals surface area contributed by atoms with Gasteiger partial charge in [0.15, 0.2) is 0 Å². The van der Waals surface area contributed by atoms with Crippen molar-refractivity contribution in [3.05, 3.63) is 48.3 Å². The lowest BCUT2D eigenvalue weighted by Crippen LogP contribution is -2.51. The van der Waals surface area contributed by atoms with Crippen LogP contribution in [0.25, 0.3) is 0 Å². The number of anilines is 1. The highest BCUT2D eigenvalue weighted by Gasteiger charge is 2.39. The van der Waals surface area contributed by atoms with Crippen LogP contribution < -0.4 is 10.6 Å². The fourth-order valence-corrected chi connectivity index (χ4v) is 2.87. The Labute approximate surface area is 135 Å². The molecule has 0 bridgehead atoms. The van der Waals surface area contributed by atoms with E-state index in [1.165, 1.54) is 0 Å². The van der Waals surface area contributed by atoms with Crippen molar-refractivity contribution in [2.75, 3.05) is 25.5 Å². The minimum atomic E-state index is -0.723. The lowest BCUT2D eigenvalue weighted by Gasteiger charge is -2.34. The molecule has 1 aromatic carbocycles. The standard InChI is InChI=1S/C17H22N4O2/c1-23-17(7-10-18-11-8-17)16(22)20-15-5-3-14(4-6-15)13-21-12-2-9-19-21/h2-6,9,12,18H,7-8,10-11,13H2,1H3,(H,20,22). The molecule has 1 aromatic heterocycles. The first kappa shape index (κ1) is 15.7. The van der Waals surface area contributed by atoms with E-state index in [2.05, 4.69) is 15.7 Å². The number of nitrogens with one attached hydrogen (secondary N) is 2. The third-order valence-electron chi connectivity index (χ3n) is 4.33. The summed E-state index contributed by atoms with van der Waals surface area (Å²) in [6.07, 6.45) is 5.06. The fraction of sp³-hybridized carbons (Fsp3) is 0.412. The molecule has 0 spiro atoms. The van der Waals surface area contributed by atoms with E-state index in [0.717, 1.165) is 30.9 Å². The van der Waals surface area contributed by atoms with Crippen molar-refractivity contribution in [3.63, 3.8) is 0 Å². The van der Waals surface area contributed by atoms with Crippen LogP contribution in [0.1, 0.15) is 18.4 Å². The number of hydrogen-bond acceptors (Lipinski definition) is 4. The van der Waals surface area contributed by atoms with Gasteiger partial charge >= 0.3 is 0 Å². The second kappa shape index (κ2) is 6.93. The van der Waals surface area contributed by atoms with Gasteiger partial charge in [0.1, 0.15) is 5.60 Å². The summed E-state index contributed by atoms with van der Waals surface area (Å²) in [5, 5.41) is 10.4. The van der Waals surface area contributed by atoms with Crippen LogP contribution in [0.15, 0.2) is 42.7 Å². The van der Waals surface area contributed by atoms with Gasteiger partial charge in [0.25, 0.3) is 5.91 Å². The van der Waals surface area contributed by atoms with Gasteiger partial charge in [-0.2, -0.15) is 5.10 Å². The van der Waals surface area contributed by atoms with Gasteiger partial charge in [0.05, 0.1) is 6.54 Å². The molecule has 1 amide bonds. The highest BCUT2D eigenvalue weighted by molar-refractivity contribution is 5.97. The van der Waals surface area contributed by atoms with Crippen molar-refractivity contribution in [3.8, 4) is 0 Å². The van der Waals surface area contributed by atoms with Gasteiger partial charge in [-0.3, -0.25) is 9.48 Å². The summed E-state index contributed by atoms with van der Waals surface area (Å²) in [5.41, 5.74) is 1.20. The molecule has 0 atom stereocenters. The van der Waals surface area contributed by atoms with E-state index in [4.69, 9.17) is 4.74 Å². The Bertz CT molecular complexity index is 631. The third-order valence-corrected chi connectivity index (χ3v) is 4.33. The molecule has 1 fully saturated rings. The van der Waals surface area contributed by atoms with E-state index in [-0.39, 0.29) is 5.91 Å². The maximum atomic E-state index is 12.6. The zero-order valence-electron chi connectivity index (χ0n) is 13.3. The topological polar surface area (TPSA) is 68.2 Å². The van der Waals surface area contributed by atoms with Crippen LogP contribution in [0.4, 0.5) is 5.69 Å². The van der Waals surface area contributed by atoms with Crippen molar-refractivity contribution in [2.45, 2.75) is 25.0 Å². The number of nitrogens with zero attached hydrogens (tertiary/aromatic N) is 2. The molecule has 0 unspecified atom stereocenters. The van der Waals surface area contributed by atoms with Crippen LogP contribution in [0.3, 0.4) is 0 Å². The van der Waals surface area contributed by atoms with Crippen LogP contribution in [-0.2, 0) is 16.1 Å². The number of ether oxygens (including phenoxy) is 1. The van der Waals surface area contributed by atoms with E-state index in [1.807, 2.05) is 41.2 Å². The number of rotatable bonds is 5. The van der Waals surface area contributed by atoms with E-state index >= 15 is 0 Å². The Balaban J connectivity index is 1.64. The highest BCUT2D eigenvalue weighted by Crippen LogP contribution is 2.24. The predicted octanol–water partition coefficient (Wildman–Crippen LogP) is 1.64. The molecule has 2 heterocycles. The molecule has 23 heavy (non-hydrogen) atoms. The number of amides is 1. The summed E-state index contributed by atoms with van der Waals surface area (Å²) in [7, 11) is 1.61. The first-order chi connectivity index (χ1) is 11.2. The predicted molar refractivity (Wildman–Crippen MR) is 88.2 cm³/mol. The van der Waals surface area contributed by atoms with Crippen LogP contribution in [0.2, 0.25) is 0 Å². The molecular formula is C17H22N4O2. The van der Waals surface area contributed by atoms with Crippen molar-refractivity contribution in [2.24, 2.45) is 0 Å². The van der Waals surface area contributed by atoms with Crippen molar-refractivity contribution < 1.29 is 9.53 Å². The van der Waals surface area contributed by atoms with Crippen molar-refractivity contribution >= 4 is 11.6 Å². The average Bonchev–Trinajstić information content (AvgIpc) is 3.10. The maximum Gasteiger partial charge on any atom is 0.256 e. The Morgan fingerprint density at radius 1 is 1.35 bits per heavy atom. The Hall–Kier alpha value is -2.18. The zero-order chi connectivity index (χ0) is 16.1. The number of methoxy groups -OCH3 is 1. The summed E-state index contributed by atoms with van der Waals surface area (Å²) in [4.78, 5) is 12.6. The average molecular weight is 314 g/mol. The quantitative estimate of drug-likeness (QED) is 0.880. The molecule has 1 aliphatic heterocycles. The smallest absolute Gasteiger partial charge is 0.256 e. The summed E-state index contributed by atoms with van der Waals surface area (Å²) >= 11 is 0. The van der Waals surface area contributed by atoms with Gasteiger partial charge < -0.3 is 15.4 Å².